The summed E-state index contributed by atoms with van der Waals surface area (Å²) >= 11 is 0. The van der Waals surface area contributed by atoms with Gasteiger partial charge in [0.15, 0.2) is 0 Å². The molecule has 0 unspecified atom stereocenters. The second-order valence-corrected chi connectivity index (χ2v) is 8.78. The molecule has 0 bridgehead atoms. The fraction of sp³-hybridized carbons (Fsp3) is 0.0400. The van der Waals surface area contributed by atoms with Crippen LogP contribution in [0.4, 0.5) is 13.2 Å². The average Bonchev–Trinajstić information content (AvgIpc) is 2.75. The van der Waals surface area contributed by atoms with Gasteiger partial charge in [-0.25, -0.2) is 0 Å². The number of alkyl halides is 3. The fourth-order valence-corrected chi connectivity index (χ4v) is 5.80. The zero-order valence-corrected chi connectivity index (χ0v) is 16.8. The van der Waals surface area contributed by atoms with Crippen LogP contribution in [-0.2, 0) is 0 Å². The molecule has 150 valence electrons. The number of ether oxygens (including phenoxy) is 1. The van der Waals surface area contributed by atoms with E-state index in [1.807, 2.05) is 54.6 Å². The Morgan fingerprint density at radius 3 is 1.60 bits per heavy atom. The zero-order chi connectivity index (χ0) is 21.0. The first kappa shape index (κ1) is 20.2. The smallest absolute Gasteiger partial charge is 0.406 e. The summed E-state index contributed by atoms with van der Waals surface area (Å²) in [6.07, 6.45) is -4.70. The molecule has 0 radical (unpaired) electrons. The molecule has 0 heterocycles. The van der Waals surface area contributed by atoms with E-state index in [1.165, 1.54) is 22.7 Å². The van der Waals surface area contributed by atoms with E-state index in [0.29, 0.717) is 0 Å². The molecule has 5 heteroatoms. The molecule has 0 aliphatic carbocycles. The summed E-state index contributed by atoms with van der Waals surface area (Å²) in [5, 5.41) is 3.57. The van der Waals surface area contributed by atoms with Gasteiger partial charge in [0.25, 0.3) is 0 Å². The second-order valence-electron chi connectivity index (χ2n) is 6.60. The Balaban J connectivity index is 1.79. The number of hydrogen-bond donors (Lipinski definition) is 0. The maximum absolute atomic E-state index is 12.5. The minimum absolute atomic E-state index is 0.225. The van der Waals surface area contributed by atoms with Crippen LogP contribution in [0, 0.1) is 0 Å². The predicted octanol–water partition coefficient (Wildman–Crippen LogP) is 6.01. The average molecular weight is 422 g/mol. The summed E-state index contributed by atoms with van der Waals surface area (Å²) in [5.41, 5.74) is 1.84. The maximum atomic E-state index is 12.5. The van der Waals surface area contributed by atoms with Crippen LogP contribution in [0.25, 0.3) is 11.1 Å². The van der Waals surface area contributed by atoms with E-state index in [1.54, 1.807) is 12.1 Å². The number of halogens is 3. The molecule has 30 heavy (non-hydrogen) atoms. The predicted molar refractivity (Wildman–Crippen MR) is 117 cm³/mol. The molecule has 1 nitrogen and oxygen atoms in total. The van der Waals surface area contributed by atoms with Gasteiger partial charge in [0.2, 0.25) is 0 Å². The van der Waals surface area contributed by atoms with Crippen LogP contribution in [0.1, 0.15) is 0 Å². The number of benzene rings is 4. The van der Waals surface area contributed by atoms with Crippen molar-refractivity contribution in [1.82, 2.24) is 0 Å². The third-order valence-electron chi connectivity index (χ3n) is 4.57. The molecule has 0 fully saturated rings. The van der Waals surface area contributed by atoms with Crippen LogP contribution in [-0.4, -0.2) is 6.36 Å². The lowest BCUT2D eigenvalue weighted by Crippen LogP contribution is -2.22. The molecule has 0 aliphatic heterocycles. The first-order valence-electron chi connectivity index (χ1n) is 9.37. The molecule has 0 saturated carbocycles. The first-order valence-corrected chi connectivity index (χ1v) is 10.7. The maximum Gasteiger partial charge on any atom is 0.573 e. The van der Waals surface area contributed by atoms with Gasteiger partial charge in [-0.1, -0.05) is 97.1 Å². The largest absolute Gasteiger partial charge is 0.573 e. The van der Waals surface area contributed by atoms with E-state index >= 15 is 0 Å². The lowest BCUT2D eigenvalue weighted by Gasteiger charge is -2.22. The van der Waals surface area contributed by atoms with Crippen molar-refractivity contribution in [3.05, 3.63) is 109 Å². The van der Waals surface area contributed by atoms with Gasteiger partial charge in [-0.2, -0.15) is 0 Å². The Labute approximate surface area is 174 Å². The molecule has 0 atom stereocenters. The molecule has 0 spiro atoms. The SMILES string of the molecule is FC(F)(F)Oc1ccc(-c2ccccc2P(c2ccccc2)c2ccccc2)cc1. The van der Waals surface area contributed by atoms with Crippen LogP contribution in [0.3, 0.4) is 0 Å². The summed E-state index contributed by atoms with van der Waals surface area (Å²) in [5.74, 6) is -0.225. The Hall–Kier alpha value is -3.10. The van der Waals surface area contributed by atoms with Crippen molar-refractivity contribution in [2.45, 2.75) is 6.36 Å². The van der Waals surface area contributed by atoms with Crippen molar-refractivity contribution in [2.75, 3.05) is 0 Å². The Morgan fingerprint density at radius 2 is 1.07 bits per heavy atom. The second kappa shape index (κ2) is 8.73. The summed E-state index contributed by atoms with van der Waals surface area (Å²) < 4.78 is 41.5. The van der Waals surface area contributed by atoms with Crippen LogP contribution >= 0.6 is 7.92 Å². The van der Waals surface area contributed by atoms with Crippen molar-refractivity contribution >= 4 is 23.8 Å². The van der Waals surface area contributed by atoms with E-state index in [0.717, 1.165) is 16.4 Å². The van der Waals surface area contributed by atoms with Crippen molar-refractivity contribution in [2.24, 2.45) is 0 Å². The number of rotatable bonds is 5. The lowest BCUT2D eigenvalue weighted by atomic mass is 10.1. The van der Waals surface area contributed by atoms with Crippen molar-refractivity contribution in [3.8, 4) is 16.9 Å². The highest BCUT2D eigenvalue weighted by molar-refractivity contribution is 7.80. The molecule has 0 aliphatic rings. The summed E-state index contributed by atoms with van der Waals surface area (Å²) in [6.45, 7) is 0. The number of hydrogen-bond acceptors (Lipinski definition) is 1. The van der Waals surface area contributed by atoms with E-state index in [9.17, 15) is 13.2 Å². The van der Waals surface area contributed by atoms with Crippen LogP contribution < -0.4 is 20.7 Å². The zero-order valence-electron chi connectivity index (χ0n) is 15.9. The minimum Gasteiger partial charge on any atom is -0.406 e. The third-order valence-corrected chi connectivity index (χ3v) is 7.07. The van der Waals surface area contributed by atoms with Crippen molar-refractivity contribution in [3.63, 3.8) is 0 Å². The van der Waals surface area contributed by atoms with Gasteiger partial charge < -0.3 is 4.74 Å². The monoisotopic (exact) mass is 422 g/mol. The normalized spacial score (nSPS) is 11.5. The molecule has 4 rings (SSSR count). The molecule has 0 saturated heterocycles. The molecular formula is C25H18F3OP. The molecule has 4 aromatic rings. The molecule has 0 aromatic heterocycles. The molecule has 0 N–H and O–H groups in total. The first-order chi connectivity index (χ1) is 14.5. The standard InChI is InChI=1S/C25H18F3OP/c26-25(27,28)29-20-17-15-19(16-18-20)23-13-7-8-14-24(23)30(21-9-3-1-4-10-21)22-11-5-2-6-12-22/h1-18H. The van der Waals surface area contributed by atoms with E-state index < -0.39 is 14.3 Å². The van der Waals surface area contributed by atoms with E-state index in [4.69, 9.17) is 0 Å². The Kier molecular flexibility index (Phi) is 5.87. The van der Waals surface area contributed by atoms with E-state index in [-0.39, 0.29) is 5.75 Å². The van der Waals surface area contributed by atoms with Gasteiger partial charge >= 0.3 is 6.36 Å². The van der Waals surface area contributed by atoms with Gasteiger partial charge in [0.1, 0.15) is 5.75 Å². The fourth-order valence-electron chi connectivity index (χ4n) is 3.33. The van der Waals surface area contributed by atoms with E-state index in [2.05, 4.69) is 35.1 Å². The van der Waals surface area contributed by atoms with Gasteiger partial charge in [-0.15, -0.1) is 13.2 Å². The highest BCUT2D eigenvalue weighted by Gasteiger charge is 2.31. The Morgan fingerprint density at radius 1 is 0.567 bits per heavy atom. The highest BCUT2D eigenvalue weighted by Crippen LogP contribution is 2.37. The third kappa shape index (κ3) is 4.72. The van der Waals surface area contributed by atoms with Gasteiger partial charge in [0, 0.05) is 0 Å². The van der Waals surface area contributed by atoms with Crippen LogP contribution in [0.2, 0.25) is 0 Å². The van der Waals surface area contributed by atoms with Crippen LogP contribution in [0.5, 0.6) is 5.75 Å². The van der Waals surface area contributed by atoms with Crippen molar-refractivity contribution < 1.29 is 17.9 Å². The lowest BCUT2D eigenvalue weighted by molar-refractivity contribution is -0.274. The Bertz CT molecular complexity index is 1060. The minimum atomic E-state index is -4.70. The summed E-state index contributed by atoms with van der Waals surface area (Å²) in [6, 6.07) is 34.7. The topological polar surface area (TPSA) is 9.23 Å². The van der Waals surface area contributed by atoms with Gasteiger partial charge in [-0.3, -0.25) is 0 Å². The summed E-state index contributed by atoms with van der Waals surface area (Å²) in [4.78, 5) is 0. The van der Waals surface area contributed by atoms with Crippen molar-refractivity contribution in [1.29, 1.82) is 0 Å². The highest BCUT2D eigenvalue weighted by atomic mass is 31.1. The summed E-state index contributed by atoms with van der Waals surface area (Å²) in [7, 11) is -0.831. The quantitative estimate of drug-likeness (QED) is 0.358. The van der Waals surface area contributed by atoms with Crippen LogP contribution in [0.15, 0.2) is 109 Å². The van der Waals surface area contributed by atoms with Gasteiger partial charge in [-0.05, 0) is 47.1 Å². The molecule has 0 amide bonds. The van der Waals surface area contributed by atoms with Gasteiger partial charge in [0.05, 0.1) is 0 Å². The molecular weight excluding hydrogens is 404 g/mol. The molecule has 4 aromatic carbocycles.